The molecule has 0 atom stereocenters. The van der Waals surface area contributed by atoms with Crippen molar-refractivity contribution in [3.8, 4) is 11.3 Å². The average Bonchev–Trinajstić information content (AvgIpc) is 3.74. The molecule has 4 aliphatic rings. The topological polar surface area (TPSA) is 68.3 Å². The van der Waals surface area contributed by atoms with Gasteiger partial charge in [0.1, 0.15) is 0 Å². The summed E-state index contributed by atoms with van der Waals surface area (Å²) < 4.78 is 5.12. The Morgan fingerprint density at radius 1 is 0.971 bits per heavy atom. The maximum atomic E-state index is 14.2. The van der Waals surface area contributed by atoms with Crippen LogP contribution in [0.1, 0.15) is 78.8 Å². The van der Waals surface area contributed by atoms with Crippen LogP contribution in [-0.4, -0.2) is 29.5 Å². The molecule has 4 saturated carbocycles. The molecule has 0 spiro atoms. The summed E-state index contributed by atoms with van der Waals surface area (Å²) in [6.45, 7) is 2.07. The molecule has 0 saturated heterocycles. The molecule has 4 fully saturated rings. The van der Waals surface area contributed by atoms with E-state index in [2.05, 4.69) is 36.5 Å². The molecule has 5 nitrogen and oxygen atoms in total. The Labute approximate surface area is 206 Å². The van der Waals surface area contributed by atoms with Crippen molar-refractivity contribution in [1.29, 1.82) is 0 Å². The van der Waals surface area contributed by atoms with Gasteiger partial charge in [-0.1, -0.05) is 42.0 Å². The van der Waals surface area contributed by atoms with Crippen molar-refractivity contribution in [1.82, 2.24) is 10.3 Å². The van der Waals surface area contributed by atoms with Crippen molar-refractivity contribution in [2.45, 2.75) is 69.7 Å². The number of methoxy groups -OCH3 is 1. The zero-order valence-corrected chi connectivity index (χ0v) is 20.5. The number of benzene rings is 2. The number of carbonyl (C=O) groups excluding carboxylic acids is 2. The lowest BCUT2D eigenvalue weighted by atomic mass is 9.57. The second-order valence-corrected chi connectivity index (χ2v) is 10.9. The number of nitrogens with zero attached hydrogens (tertiary/aromatic N) is 1. The second kappa shape index (κ2) is 8.18. The zero-order chi connectivity index (χ0) is 24.2. The molecule has 1 heterocycles. The standard InChI is InChI=1S/C30H32N2O3/c1-19-8-11-23-22(18-19)25(24(20-9-10-20)26(31-23)21-6-4-3-5-7-21)27(33)32-30-15-12-29(13-16-30,14-17-30)28(34)35-2/h3-8,11,18,20H,9-10,12-17H2,1-2H3,(H,32,33). The van der Waals surface area contributed by atoms with Gasteiger partial charge in [0.25, 0.3) is 5.91 Å². The highest BCUT2D eigenvalue weighted by atomic mass is 16.5. The summed E-state index contributed by atoms with van der Waals surface area (Å²) in [5.41, 5.74) is 5.26. The lowest BCUT2D eigenvalue weighted by molar-refractivity contribution is -0.160. The molecule has 180 valence electrons. The highest BCUT2D eigenvalue weighted by Crippen LogP contribution is 2.53. The third-order valence-electron chi connectivity index (χ3n) is 8.68. The van der Waals surface area contributed by atoms with Crippen LogP contribution in [0.2, 0.25) is 0 Å². The Hall–Kier alpha value is -3.21. The Morgan fingerprint density at radius 2 is 1.66 bits per heavy atom. The molecule has 5 heteroatoms. The molecule has 3 aromatic rings. The number of fused-ring (bicyclic) bond motifs is 4. The molecule has 35 heavy (non-hydrogen) atoms. The Kier molecular flexibility index (Phi) is 5.21. The zero-order valence-electron chi connectivity index (χ0n) is 20.5. The van der Waals surface area contributed by atoms with Gasteiger partial charge in [0.05, 0.1) is 29.3 Å². The third-order valence-corrected chi connectivity index (χ3v) is 8.68. The lowest BCUT2D eigenvalue weighted by Gasteiger charge is -2.52. The van der Waals surface area contributed by atoms with Crippen LogP contribution >= 0.6 is 0 Å². The first kappa shape index (κ1) is 22.3. The number of esters is 1. The number of rotatable bonds is 5. The van der Waals surface area contributed by atoms with Gasteiger partial charge >= 0.3 is 5.97 Å². The maximum Gasteiger partial charge on any atom is 0.311 e. The van der Waals surface area contributed by atoms with Crippen LogP contribution in [0, 0.1) is 12.3 Å². The molecular weight excluding hydrogens is 436 g/mol. The predicted octanol–water partition coefficient (Wildman–Crippen LogP) is 6.08. The van der Waals surface area contributed by atoms with E-state index < -0.39 is 0 Å². The van der Waals surface area contributed by atoms with E-state index in [1.807, 2.05) is 24.3 Å². The predicted molar refractivity (Wildman–Crippen MR) is 136 cm³/mol. The highest BCUT2D eigenvalue weighted by Gasteiger charge is 2.53. The number of aromatic nitrogens is 1. The minimum atomic E-state index is -0.360. The molecule has 0 unspecified atom stereocenters. The number of hydrogen-bond donors (Lipinski definition) is 1. The van der Waals surface area contributed by atoms with E-state index in [-0.39, 0.29) is 22.8 Å². The van der Waals surface area contributed by atoms with Gasteiger partial charge in [-0.25, -0.2) is 4.98 Å². The quantitative estimate of drug-likeness (QED) is 0.461. The van der Waals surface area contributed by atoms with E-state index in [1.54, 1.807) is 0 Å². The molecule has 7 rings (SSSR count). The summed E-state index contributed by atoms with van der Waals surface area (Å²) >= 11 is 0. The van der Waals surface area contributed by atoms with Crippen LogP contribution in [0.5, 0.6) is 0 Å². The summed E-state index contributed by atoms with van der Waals surface area (Å²) in [5, 5.41) is 4.45. The SMILES string of the molecule is COC(=O)C12CCC(NC(=O)c3c(C4CC4)c(-c4ccccc4)nc4ccc(C)cc34)(CC1)CC2. The Morgan fingerprint density at radius 3 is 2.29 bits per heavy atom. The molecule has 1 amide bonds. The first-order valence-electron chi connectivity index (χ1n) is 12.8. The van der Waals surface area contributed by atoms with E-state index in [0.29, 0.717) is 5.92 Å². The van der Waals surface area contributed by atoms with Gasteiger partial charge in [-0.2, -0.15) is 0 Å². The number of ether oxygens (including phenoxy) is 1. The monoisotopic (exact) mass is 468 g/mol. The number of amides is 1. The molecule has 2 bridgehead atoms. The Bertz CT molecular complexity index is 1300. The van der Waals surface area contributed by atoms with Crippen LogP contribution in [0.15, 0.2) is 48.5 Å². The lowest BCUT2D eigenvalue weighted by Crippen LogP contribution is -2.58. The first-order valence-corrected chi connectivity index (χ1v) is 12.8. The van der Waals surface area contributed by atoms with Crippen molar-refractivity contribution < 1.29 is 14.3 Å². The summed E-state index contributed by atoms with van der Waals surface area (Å²) in [6, 6.07) is 16.5. The number of carbonyl (C=O) groups is 2. The molecule has 0 radical (unpaired) electrons. The van der Waals surface area contributed by atoms with E-state index in [9.17, 15) is 9.59 Å². The number of nitrogens with one attached hydrogen (secondary N) is 1. The van der Waals surface area contributed by atoms with Gasteiger partial charge in [0.15, 0.2) is 0 Å². The highest BCUT2D eigenvalue weighted by molar-refractivity contribution is 6.09. The fraction of sp³-hybridized carbons (Fsp3) is 0.433. The van der Waals surface area contributed by atoms with Crippen LogP contribution in [0.3, 0.4) is 0 Å². The fourth-order valence-corrected chi connectivity index (χ4v) is 6.42. The van der Waals surface area contributed by atoms with Crippen molar-refractivity contribution in [3.63, 3.8) is 0 Å². The summed E-state index contributed by atoms with van der Waals surface area (Å²) in [5.74, 6) is 0.288. The van der Waals surface area contributed by atoms with Gasteiger partial charge in [-0.05, 0) is 81.9 Å². The van der Waals surface area contributed by atoms with Crippen LogP contribution in [0.25, 0.3) is 22.2 Å². The third kappa shape index (κ3) is 3.72. The fourth-order valence-electron chi connectivity index (χ4n) is 6.42. The van der Waals surface area contributed by atoms with Crippen molar-refractivity contribution in [3.05, 3.63) is 65.2 Å². The second-order valence-electron chi connectivity index (χ2n) is 10.9. The first-order chi connectivity index (χ1) is 16.9. The van der Waals surface area contributed by atoms with Crippen molar-refractivity contribution in [2.75, 3.05) is 7.11 Å². The number of pyridine rings is 1. The summed E-state index contributed by atoms with van der Waals surface area (Å²) in [6.07, 6.45) is 6.97. The average molecular weight is 469 g/mol. The number of aryl methyl sites for hydroxylation is 1. The van der Waals surface area contributed by atoms with Gasteiger partial charge < -0.3 is 10.1 Å². The number of hydrogen-bond acceptors (Lipinski definition) is 4. The smallest absolute Gasteiger partial charge is 0.311 e. The van der Waals surface area contributed by atoms with E-state index in [1.165, 1.54) is 7.11 Å². The van der Waals surface area contributed by atoms with E-state index >= 15 is 0 Å². The Balaban J connectivity index is 1.43. The van der Waals surface area contributed by atoms with Crippen LogP contribution in [0.4, 0.5) is 0 Å². The summed E-state index contributed by atoms with van der Waals surface area (Å²) in [4.78, 5) is 31.7. The van der Waals surface area contributed by atoms with Gasteiger partial charge in [-0.3, -0.25) is 9.59 Å². The molecule has 1 N–H and O–H groups in total. The molecule has 0 aliphatic heterocycles. The van der Waals surface area contributed by atoms with E-state index in [0.717, 1.165) is 90.2 Å². The van der Waals surface area contributed by atoms with Crippen molar-refractivity contribution in [2.24, 2.45) is 5.41 Å². The largest absolute Gasteiger partial charge is 0.469 e. The van der Waals surface area contributed by atoms with Gasteiger partial charge in [0, 0.05) is 16.5 Å². The molecular formula is C30H32N2O3. The minimum absolute atomic E-state index is 0.00884. The normalized spacial score (nSPS) is 25.4. The maximum absolute atomic E-state index is 14.2. The summed E-state index contributed by atoms with van der Waals surface area (Å²) in [7, 11) is 1.48. The minimum Gasteiger partial charge on any atom is -0.469 e. The van der Waals surface area contributed by atoms with Crippen LogP contribution in [-0.2, 0) is 9.53 Å². The van der Waals surface area contributed by atoms with Gasteiger partial charge in [0.2, 0.25) is 0 Å². The molecule has 4 aliphatic carbocycles. The molecule has 1 aromatic heterocycles. The van der Waals surface area contributed by atoms with Crippen LogP contribution < -0.4 is 5.32 Å². The van der Waals surface area contributed by atoms with Gasteiger partial charge in [-0.15, -0.1) is 0 Å². The molecule has 2 aromatic carbocycles. The van der Waals surface area contributed by atoms with E-state index in [4.69, 9.17) is 9.72 Å². The van der Waals surface area contributed by atoms with Crippen molar-refractivity contribution >= 4 is 22.8 Å².